The van der Waals surface area contributed by atoms with Gasteiger partial charge in [-0.2, -0.15) is 0 Å². The number of esters is 1. The van der Waals surface area contributed by atoms with Crippen molar-refractivity contribution in [3.8, 4) is 11.5 Å². The summed E-state index contributed by atoms with van der Waals surface area (Å²) in [6.07, 6.45) is 0. The monoisotopic (exact) mass is 271 g/mol. The van der Waals surface area contributed by atoms with Crippen molar-refractivity contribution in [2.45, 2.75) is 13.8 Å². The van der Waals surface area contributed by atoms with Gasteiger partial charge in [0.05, 0.1) is 18.4 Å². The van der Waals surface area contributed by atoms with E-state index in [1.54, 1.807) is 18.2 Å². The van der Waals surface area contributed by atoms with Crippen molar-refractivity contribution < 1.29 is 14.3 Å². The van der Waals surface area contributed by atoms with Crippen molar-refractivity contribution in [3.63, 3.8) is 0 Å². The van der Waals surface area contributed by atoms with Crippen molar-refractivity contribution in [1.29, 1.82) is 0 Å². The zero-order chi connectivity index (χ0) is 14.7. The second-order valence-corrected chi connectivity index (χ2v) is 4.56. The zero-order valence-corrected chi connectivity index (χ0v) is 11.8. The molecule has 104 valence electrons. The van der Waals surface area contributed by atoms with Crippen LogP contribution in [-0.2, 0) is 4.74 Å². The first-order chi connectivity index (χ1) is 9.52. The van der Waals surface area contributed by atoms with E-state index in [1.807, 2.05) is 32.0 Å². The number of carbonyl (C=O) groups is 1. The molecule has 0 aliphatic carbocycles. The van der Waals surface area contributed by atoms with Crippen molar-refractivity contribution in [2.24, 2.45) is 0 Å². The van der Waals surface area contributed by atoms with E-state index in [1.165, 1.54) is 12.7 Å². The van der Waals surface area contributed by atoms with Crippen LogP contribution in [0.5, 0.6) is 11.5 Å². The van der Waals surface area contributed by atoms with E-state index in [9.17, 15) is 4.79 Å². The SMILES string of the molecule is COC(=O)c1cccc(Oc2ccc(C)c(C)c2)c1N. The molecule has 0 amide bonds. The Morgan fingerprint density at radius 1 is 1.10 bits per heavy atom. The van der Waals surface area contributed by atoms with Crippen LogP contribution >= 0.6 is 0 Å². The van der Waals surface area contributed by atoms with Crippen LogP contribution < -0.4 is 10.5 Å². The molecule has 2 aromatic rings. The van der Waals surface area contributed by atoms with Crippen LogP contribution in [-0.4, -0.2) is 13.1 Å². The maximum atomic E-state index is 11.6. The summed E-state index contributed by atoms with van der Waals surface area (Å²) in [7, 11) is 1.32. The van der Waals surface area contributed by atoms with E-state index in [2.05, 4.69) is 4.74 Å². The maximum Gasteiger partial charge on any atom is 0.340 e. The molecule has 0 aliphatic heterocycles. The Morgan fingerprint density at radius 3 is 2.50 bits per heavy atom. The van der Waals surface area contributed by atoms with Crippen molar-refractivity contribution in [3.05, 3.63) is 53.1 Å². The fourth-order valence-corrected chi connectivity index (χ4v) is 1.83. The van der Waals surface area contributed by atoms with Crippen molar-refractivity contribution >= 4 is 11.7 Å². The van der Waals surface area contributed by atoms with Crippen LogP contribution in [0.15, 0.2) is 36.4 Å². The number of carbonyl (C=O) groups excluding carboxylic acids is 1. The van der Waals surface area contributed by atoms with Gasteiger partial charge < -0.3 is 15.2 Å². The molecule has 2 aromatic carbocycles. The molecule has 0 spiro atoms. The van der Waals surface area contributed by atoms with Crippen LogP contribution in [0.4, 0.5) is 5.69 Å². The van der Waals surface area contributed by atoms with Gasteiger partial charge in [0.2, 0.25) is 0 Å². The molecule has 0 bridgehead atoms. The minimum absolute atomic E-state index is 0.276. The van der Waals surface area contributed by atoms with Gasteiger partial charge >= 0.3 is 5.97 Å². The lowest BCUT2D eigenvalue weighted by molar-refractivity contribution is 0.0601. The van der Waals surface area contributed by atoms with E-state index < -0.39 is 5.97 Å². The molecule has 0 atom stereocenters. The normalized spacial score (nSPS) is 10.2. The minimum atomic E-state index is -0.479. The number of rotatable bonds is 3. The molecule has 20 heavy (non-hydrogen) atoms. The summed E-state index contributed by atoms with van der Waals surface area (Å²) < 4.78 is 10.4. The molecule has 0 radical (unpaired) electrons. The summed E-state index contributed by atoms with van der Waals surface area (Å²) in [4.78, 5) is 11.6. The van der Waals surface area contributed by atoms with Crippen molar-refractivity contribution in [2.75, 3.05) is 12.8 Å². The van der Waals surface area contributed by atoms with Crippen LogP contribution in [0.1, 0.15) is 21.5 Å². The molecule has 0 unspecified atom stereocenters. The number of hydrogen-bond acceptors (Lipinski definition) is 4. The summed E-state index contributed by atoms with van der Waals surface area (Å²) in [5.74, 6) is 0.644. The summed E-state index contributed by atoms with van der Waals surface area (Å²) in [5, 5.41) is 0. The number of hydrogen-bond donors (Lipinski definition) is 1. The topological polar surface area (TPSA) is 61.5 Å². The van der Waals surface area contributed by atoms with Gasteiger partial charge in [0.25, 0.3) is 0 Å². The second-order valence-electron chi connectivity index (χ2n) is 4.56. The van der Waals surface area contributed by atoms with Crippen LogP contribution in [0, 0.1) is 13.8 Å². The molecule has 2 N–H and O–H groups in total. The maximum absolute atomic E-state index is 11.6. The lowest BCUT2D eigenvalue weighted by atomic mass is 10.1. The fourth-order valence-electron chi connectivity index (χ4n) is 1.83. The Balaban J connectivity index is 2.34. The fraction of sp³-hybridized carbons (Fsp3) is 0.188. The molecule has 0 aromatic heterocycles. The summed E-state index contributed by atoms with van der Waals surface area (Å²) in [5.41, 5.74) is 8.84. The highest BCUT2D eigenvalue weighted by molar-refractivity contribution is 5.96. The van der Waals surface area contributed by atoms with Gasteiger partial charge in [-0.25, -0.2) is 4.79 Å². The van der Waals surface area contributed by atoms with Crippen LogP contribution in [0.25, 0.3) is 0 Å². The third-order valence-electron chi connectivity index (χ3n) is 3.18. The highest BCUT2D eigenvalue weighted by atomic mass is 16.5. The van der Waals surface area contributed by atoms with E-state index in [0.29, 0.717) is 17.1 Å². The van der Waals surface area contributed by atoms with Gasteiger partial charge in [0.15, 0.2) is 5.75 Å². The predicted molar refractivity (Wildman–Crippen MR) is 78.2 cm³/mol. The molecular weight excluding hydrogens is 254 g/mol. The molecule has 0 aliphatic rings. The number of ether oxygens (including phenoxy) is 2. The van der Waals surface area contributed by atoms with Crippen LogP contribution in [0.3, 0.4) is 0 Å². The Labute approximate surface area is 118 Å². The molecule has 2 rings (SSSR count). The Hall–Kier alpha value is -2.49. The lowest BCUT2D eigenvalue weighted by Gasteiger charge is -2.12. The largest absolute Gasteiger partial charge is 0.465 e. The van der Waals surface area contributed by atoms with Gasteiger partial charge in [0, 0.05) is 0 Å². The molecular formula is C16H17NO3. The van der Waals surface area contributed by atoms with Crippen LogP contribution in [0.2, 0.25) is 0 Å². The van der Waals surface area contributed by atoms with E-state index in [-0.39, 0.29) is 5.69 Å². The van der Waals surface area contributed by atoms with E-state index >= 15 is 0 Å². The first kappa shape index (κ1) is 13.9. The molecule has 0 heterocycles. The third-order valence-corrected chi connectivity index (χ3v) is 3.18. The molecule has 4 heteroatoms. The Kier molecular flexibility index (Phi) is 3.94. The zero-order valence-electron chi connectivity index (χ0n) is 11.8. The predicted octanol–water partition coefficient (Wildman–Crippen LogP) is 3.46. The number of anilines is 1. The summed E-state index contributed by atoms with van der Waals surface area (Å²) in [6, 6.07) is 10.8. The number of benzene rings is 2. The second kappa shape index (κ2) is 5.65. The summed E-state index contributed by atoms with van der Waals surface area (Å²) >= 11 is 0. The number of para-hydroxylation sites is 1. The van der Waals surface area contributed by atoms with Gasteiger partial charge in [-0.1, -0.05) is 12.1 Å². The van der Waals surface area contributed by atoms with Crippen molar-refractivity contribution in [1.82, 2.24) is 0 Å². The van der Waals surface area contributed by atoms with Gasteiger partial charge in [-0.3, -0.25) is 0 Å². The Bertz CT molecular complexity index is 650. The lowest BCUT2D eigenvalue weighted by Crippen LogP contribution is -2.06. The number of nitrogen functional groups attached to an aromatic ring is 1. The van der Waals surface area contributed by atoms with E-state index in [4.69, 9.17) is 10.5 Å². The Morgan fingerprint density at radius 2 is 1.85 bits per heavy atom. The minimum Gasteiger partial charge on any atom is -0.465 e. The number of aryl methyl sites for hydroxylation is 2. The molecule has 0 fully saturated rings. The standard InChI is InChI=1S/C16H17NO3/c1-10-7-8-12(9-11(10)2)20-14-6-4-5-13(15(14)17)16(18)19-3/h4-9H,17H2,1-3H3. The molecule has 0 saturated carbocycles. The highest BCUT2D eigenvalue weighted by Crippen LogP contribution is 2.31. The summed E-state index contributed by atoms with van der Waals surface area (Å²) in [6.45, 7) is 4.04. The average molecular weight is 271 g/mol. The van der Waals surface area contributed by atoms with Gasteiger partial charge in [-0.05, 0) is 49.2 Å². The van der Waals surface area contributed by atoms with Gasteiger partial charge in [0.1, 0.15) is 5.75 Å². The first-order valence-corrected chi connectivity index (χ1v) is 6.25. The third kappa shape index (κ3) is 2.74. The quantitative estimate of drug-likeness (QED) is 0.686. The van der Waals surface area contributed by atoms with E-state index in [0.717, 1.165) is 5.56 Å². The first-order valence-electron chi connectivity index (χ1n) is 6.25. The van der Waals surface area contributed by atoms with Gasteiger partial charge in [-0.15, -0.1) is 0 Å². The highest BCUT2D eigenvalue weighted by Gasteiger charge is 2.14. The molecule has 0 saturated heterocycles. The molecule has 4 nitrogen and oxygen atoms in total. The average Bonchev–Trinajstić information content (AvgIpc) is 2.44. The smallest absolute Gasteiger partial charge is 0.340 e. The number of nitrogens with two attached hydrogens (primary N) is 1. The number of methoxy groups -OCH3 is 1.